The first-order valence-electron chi connectivity index (χ1n) is 9.92. The number of fused-ring (bicyclic) bond motifs is 1. The highest BCUT2D eigenvalue weighted by atomic mass is 16.5. The van der Waals surface area contributed by atoms with E-state index in [1.54, 1.807) is 0 Å². The van der Waals surface area contributed by atoms with Gasteiger partial charge in [0.25, 0.3) is 0 Å². The van der Waals surface area contributed by atoms with Crippen LogP contribution in [0.1, 0.15) is 18.4 Å². The van der Waals surface area contributed by atoms with Crippen LogP contribution in [-0.2, 0) is 16.0 Å². The number of hydrogen-bond acceptors (Lipinski definition) is 4. The highest BCUT2D eigenvalue weighted by Crippen LogP contribution is 2.24. The molecule has 2 heterocycles. The molecule has 26 heavy (non-hydrogen) atoms. The summed E-state index contributed by atoms with van der Waals surface area (Å²) in [5.74, 6) is 0.822. The van der Waals surface area contributed by atoms with Crippen molar-refractivity contribution < 1.29 is 9.53 Å². The van der Waals surface area contributed by atoms with Gasteiger partial charge in [-0.3, -0.25) is 9.69 Å². The van der Waals surface area contributed by atoms with Gasteiger partial charge in [0.15, 0.2) is 0 Å². The number of carbonyl (C=O) groups excluding carboxylic acids is 1. The minimum absolute atomic E-state index is 0.203. The molecule has 2 saturated heterocycles. The van der Waals surface area contributed by atoms with Crippen LogP contribution in [0.2, 0.25) is 0 Å². The van der Waals surface area contributed by atoms with Crippen molar-refractivity contribution in [3.63, 3.8) is 0 Å². The minimum Gasteiger partial charge on any atom is -0.375 e. The molecular weight excluding hydrogens is 326 g/mol. The molecule has 0 saturated carbocycles. The molecule has 0 radical (unpaired) electrons. The smallest absolute Gasteiger partial charge is 0.222 e. The molecule has 2 aliphatic heterocycles. The summed E-state index contributed by atoms with van der Waals surface area (Å²) >= 11 is 0. The first kappa shape index (κ1) is 19.3. The molecule has 3 rings (SSSR count). The summed E-state index contributed by atoms with van der Waals surface area (Å²) in [7, 11) is 4.24. The third kappa shape index (κ3) is 5.53. The number of amides is 1. The van der Waals surface area contributed by atoms with Crippen LogP contribution in [0.3, 0.4) is 0 Å². The van der Waals surface area contributed by atoms with E-state index in [-0.39, 0.29) is 12.0 Å². The van der Waals surface area contributed by atoms with Crippen LogP contribution in [-0.4, -0.2) is 86.7 Å². The summed E-state index contributed by atoms with van der Waals surface area (Å²) in [5, 5.41) is 0. The Morgan fingerprint density at radius 3 is 2.77 bits per heavy atom. The number of likely N-dealkylation sites (N-methyl/N-ethyl adjacent to an activating group) is 1. The molecule has 1 aromatic carbocycles. The summed E-state index contributed by atoms with van der Waals surface area (Å²) < 4.78 is 6.14. The van der Waals surface area contributed by atoms with Crippen molar-refractivity contribution in [3.05, 3.63) is 35.9 Å². The Kier molecular flexibility index (Phi) is 7.06. The molecular formula is C21H33N3O2. The van der Waals surface area contributed by atoms with Crippen molar-refractivity contribution in [1.29, 1.82) is 0 Å². The maximum Gasteiger partial charge on any atom is 0.222 e. The highest BCUT2D eigenvalue weighted by Gasteiger charge is 2.34. The lowest BCUT2D eigenvalue weighted by molar-refractivity contribution is -0.136. The van der Waals surface area contributed by atoms with Gasteiger partial charge in [-0.2, -0.15) is 0 Å². The van der Waals surface area contributed by atoms with Gasteiger partial charge in [-0.05, 0) is 32.5 Å². The van der Waals surface area contributed by atoms with Crippen LogP contribution in [0, 0.1) is 5.92 Å². The van der Waals surface area contributed by atoms with Crippen molar-refractivity contribution >= 4 is 5.91 Å². The van der Waals surface area contributed by atoms with E-state index in [2.05, 4.69) is 36.0 Å². The molecule has 1 aromatic rings. The van der Waals surface area contributed by atoms with Gasteiger partial charge in [0.05, 0.1) is 12.7 Å². The van der Waals surface area contributed by atoms with Gasteiger partial charge >= 0.3 is 0 Å². The van der Waals surface area contributed by atoms with E-state index in [1.165, 1.54) is 5.56 Å². The normalized spacial score (nSPS) is 24.3. The van der Waals surface area contributed by atoms with E-state index >= 15 is 0 Å². The third-order valence-corrected chi connectivity index (χ3v) is 5.61. The van der Waals surface area contributed by atoms with Crippen molar-refractivity contribution in [2.24, 2.45) is 5.92 Å². The third-order valence-electron chi connectivity index (χ3n) is 5.61. The van der Waals surface area contributed by atoms with E-state index in [9.17, 15) is 4.79 Å². The largest absolute Gasteiger partial charge is 0.375 e. The molecule has 0 aliphatic carbocycles. The first-order chi connectivity index (χ1) is 12.6. The Morgan fingerprint density at radius 1 is 1.19 bits per heavy atom. The van der Waals surface area contributed by atoms with Crippen molar-refractivity contribution in [2.75, 3.05) is 60.0 Å². The Morgan fingerprint density at radius 2 is 2.00 bits per heavy atom. The number of benzene rings is 1. The molecule has 2 aliphatic rings. The van der Waals surface area contributed by atoms with Gasteiger partial charge in [0.2, 0.25) is 5.91 Å². The average Bonchev–Trinajstić information content (AvgIpc) is 2.86. The standard InChI is InChI=1S/C21H33N3O2/c1-22(2)12-13-23-14-15-26-20-17-24(11-10-19(20)16-23)21(25)9-8-18-6-4-3-5-7-18/h3-7,19-20H,8-17H2,1-2H3/t19-,20-/m0/s1. The summed E-state index contributed by atoms with van der Waals surface area (Å²) in [6.07, 6.45) is 2.67. The predicted molar refractivity (Wildman–Crippen MR) is 104 cm³/mol. The van der Waals surface area contributed by atoms with Crippen LogP contribution in [0.5, 0.6) is 0 Å². The zero-order chi connectivity index (χ0) is 18.4. The topological polar surface area (TPSA) is 36.0 Å². The second-order valence-electron chi connectivity index (χ2n) is 7.89. The second-order valence-corrected chi connectivity index (χ2v) is 7.89. The quantitative estimate of drug-likeness (QED) is 0.775. The van der Waals surface area contributed by atoms with Crippen LogP contribution in [0.25, 0.3) is 0 Å². The number of hydrogen-bond donors (Lipinski definition) is 0. The van der Waals surface area contributed by atoms with Crippen molar-refractivity contribution in [3.8, 4) is 0 Å². The second kappa shape index (κ2) is 9.49. The molecule has 0 spiro atoms. The molecule has 144 valence electrons. The van der Waals surface area contributed by atoms with Gasteiger partial charge in [-0.1, -0.05) is 30.3 Å². The van der Waals surface area contributed by atoms with Gasteiger partial charge in [-0.25, -0.2) is 0 Å². The van der Waals surface area contributed by atoms with Crippen LogP contribution in [0.4, 0.5) is 0 Å². The highest BCUT2D eigenvalue weighted by molar-refractivity contribution is 5.76. The van der Waals surface area contributed by atoms with Crippen LogP contribution >= 0.6 is 0 Å². The lowest BCUT2D eigenvalue weighted by Gasteiger charge is -2.38. The first-order valence-corrected chi connectivity index (χ1v) is 9.92. The molecule has 0 N–H and O–H groups in total. The Labute approximate surface area is 157 Å². The molecule has 5 nitrogen and oxygen atoms in total. The maximum atomic E-state index is 12.6. The molecule has 1 amide bonds. The number of piperidine rings is 1. The fourth-order valence-corrected chi connectivity index (χ4v) is 3.94. The van der Waals surface area contributed by atoms with Crippen LogP contribution in [0.15, 0.2) is 30.3 Å². The van der Waals surface area contributed by atoms with Crippen molar-refractivity contribution in [1.82, 2.24) is 14.7 Å². The maximum absolute atomic E-state index is 12.6. The number of likely N-dealkylation sites (tertiary alicyclic amines) is 1. The summed E-state index contributed by atoms with van der Waals surface area (Å²) in [6, 6.07) is 10.3. The molecule has 2 fully saturated rings. The SMILES string of the molecule is CN(C)CCN1CCO[C@H]2CN(C(=O)CCc3ccccc3)CC[C@H]2C1. The number of aryl methyl sites for hydroxylation is 1. The van der Waals surface area contributed by atoms with Crippen LogP contribution < -0.4 is 0 Å². The fraction of sp³-hybridized carbons (Fsp3) is 0.667. The average molecular weight is 360 g/mol. The number of carbonyl (C=O) groups is 1. The van der Waals surface area contributed by atoms with Gasteiger partial charge in [0, 0.05) is 51.6 Å². The Balaban J connectivity index is 1.47. The molecule has 0 bridgehead atoms. The number of ether oxygens (including phenoxy) is 1. The van der Waals surface area contributed by atoms with Gasteiger partial charge < -0.3 is 14.5 Å². The molecule has 2 atom stereocenters. The zero-order valence-corrected chi connectivity index (χ0v) is 16.3. The van der Waals surface area contributed by atoms with Crippen molar-refractivity contribution in [2.45, 2.75) is 25.4 Å². The zero-order valence-electron chi connectivity index (χ0n) is 16.3. The van der Waals surface area contributed by atoms with E-state index in [4.69, 9.17) is 4.74 Å². The lowest BCUT2D eigenvalue weighted by Crippen LogP contribution is -2.49. The Bertz CT molecular complexity index is 564. The summed E-state index contributed by atoms with van der Waals surface area (Å²) in [5.41, 5.74) is 1.23. The summed E-state index contributed by atoms with van der Waals surface area (Å²) in [6.45, 7) is 6.70. The summed E-state index contributed by atoms with van der Waals surface area (Å²) in [4.78, 5) is 19.4. The lowest BCUT2D eigenvalue weighted by atomic mass is 9.93. The minimum atomic E-state index is 0.203. The molecule has 0 unspecified atom stereocenters. The molecule has 5 heteroatoms. The van der Waals surface area contributed by atoms with E-state index in [1.807, 2.05) is 23.1 Å². The monoisotopic (exact) mass is 359 g/mol. The predicted octanol–water partition coefficient (Wildman–Crippen LogP) is 1.73. The van der Waals surface area contributed by atoms with E-state index in [0.29, 0.717) is 12.3 Å². The van der Waals surface area contributed by atoms with E-state index in [0.717, 1.165) is 58.7 Å². The van der Waals surface area contributed by atoms with Gasteiger partial charge in [-0.15, -0.1) is 0 Å². The number of rotatable bonds is 6. The molecule has 0 aromatic heterocycles. The Hall–Kier alpha value is -1.43. The fourth-order valence-electron chi connectivity index (χ4n) is 3.94. The van der Waals surface area contributed by atoms with E-state index < -0.39 is 0 Å². The number of nitrogens with zero attached hydrogens (tertiary/aromatic N) is 3. The van der Waals surface area contributed by atoms with Gasteiger partial charge in [0.1, 0.15) is 0 Å².